The van der Waals surface area contributed by atoms with Crippen LogP contribution in [0.4, 0.5) is 0 Å². The molecule has 0 saturated heterocycles. The first kappa shape index (κ1) is 13.5. The van der Waals surface area contributed by atoms with Crippen molar-refractivity contribution in [1.82, 2.24) is 19.9 Å². The number of rotatable bonds is 5. The van der Waals surface area contributed by atoms with Crippen LogP contribution >= 0.6 is 11.3 Å². The lowest BCUT2D eigenvalue weighted by molar-refractivity contribution is 0.0950. The van der Waals surface area contributed by atoms with E-state index in [2.05, 4.69) is 15.3 Å². The molecule has 21 heavy (non-hydrogen) atoms. The fourth-order valence-electron chi connectivity index (χ4n) is 2.00. The molecule has 0 spiro atoms. The summed E-state index contributed by atoms with van der Waals surface area (Å²) < 4.78 is 1.96. The van der Waals surface area contributed by atoms with Gasteiger partial charge in [0, 0.05) is 29.9 Å². The highest BCUT2D eigenvalue weighted by molar-refractivity contribution is 7.07. The highest BCUT2D eigenvalue weighted by atomic mass is 32.1. The summed E-state index contributed by atoms with van der Waals surface area (Å²) >= 11 is 1.52. The highest BCUT2D eigenvalue weighted by Crippen LogP contribution is 2.08. The molecule has 0 atom stereocenters. The van der Waals surface area contributed by atoms with Gasteiger partial charge in [-0.25, -0.2) is 9.97 Å². The zero-order valence-corrected chi connectivity index (χ0v) is 12.1. The molecule has 6 heteroatoms. The van der Waals surface area contributed by atoms with Crippen LogP contribution in [0.5, 0.6) is 0 Å². The molecule has 0 radical (unpaired) electrons. The summed E-state index contributed by atoms with van der Waals surface area (Å²) in [5.41, 5.74) is 4.35. The van der Waals surface area contributed by atoms with Crippen LogP contribution < -0.4 is 5.32 Å². The van der Waals surface area contributed by atoms with Crippen molar-refractivity contribution in [3.63, 3.8) is 0 Å². The summed E-state index contributed by atoms with van der Waals surface area (Å²) in [4.78, 5) is 20.3. The first-order chi connectivity index (χ1) is 10.3. The molecule has 1 amide bonds. The number of thiazole rings is 1. The van der Waals surface area contributed by atoms with Gasteiger partial charge in [-0.1, -0.05) is 12.1 Å². The summed E-state index contributed by atoms with van der Waals surface area (Å²) in [5, 5.41) is 4.80. The van der Waals surface area contributed by atoms with E-state index in [0.717, 1.165) is 11.3 Å². The van der Waals surface area contributed by atoms with E-state index in [4.69, 9.17) is 0 Å². The molecule has 2 heterocycles. The SMILES string of the molecule is O=C(NCc1cscn1)c1cccc(Cn2ccnc2)c1. The Morgan fingerprint density at radius 1 is 1.38 bits per heavy atom. The van der Waals surface area contributed by atoms with E-state index in [0.29, 0.717) is 18.7 Å². The number of benzene rings is 1. The first-order valence-corrected chi connectivity index (χ1v) is 7.45. The average Bonchev–Trinajstić information content (AvgIpc) is 3.18. The lowest BCUT2D eigenvalue weighted by Gasteiger charge is -2.07. The number of carbonyl (C=O) groups is 1. The maximum absolute atomic E-state index is 12.1. The van der Waals surface area contributed by atoms with E-state index in [9.17, 15) is 4.79 Å². The molecular weight excluding hydrogens is 284 g/mol. The Morgan fingerprint density at radius 2 is 2.33 bits per heavy atom. The van der Waals surface area contributed by atoms with Crippen LogP contribution in [0, 0.1) is 0 Å². The summed E-state index contributed by atoms with van der Waals surface area (Å²) in [7, 11) is 0. The van der Waals surface area contributed by atoms with Gasteiger partial charge in [-0.05, 0) is 17.7 Å². The monoisotopic (exact) mass is 298 g/mol. The summed E-state index contributed by atoms with van der Waals surface area (Å²) in [6.07, 6.45) is 5.40. The molecule has 1 N–H and O–H groups in total. The number of nitrogens with zero attached hydrogens (tertiary/aromatic N) is 3. The van der Waals surface area contributed by atoms with Crippen molar-refractivity contribution in [3.8, 4) is 0 Å². The van der Waals surface area contributed by atoms with Crippen molar-refractivity contribution >= 4 is 17.2 Å². The minimum atomic E-state index is -0.0875. The van der Waals surface area contributed by atoms with Gasteiger partial charge in [0.1, 0.15) is 0 Å². The molecule has 0 bridgehead atoms. The molecule has 0 aliphatic heterocycles. The smallest absolute Gasteiger partial charge is 0.251 e. The second-order valence-electron chi connectivity index (χ2n) is 4.60. The Kier molecular flexibility index (Phi) is 4.07. The van der Waals surface area contributed by atoms with Crippen molar-refractivity contribution in [2.45, 2.75) is 13.1 Å². The van der Waals surface area contributed by atoms with Gasteiger partial charge in [0.15, 0.2) is 0 Å². The molecule has 3 aromatic rings. The van der Waals surface area contributed by atoms with Crippen LogP contribution in [0.1, 0.15) is 21.6 Å². The number of carbonyl (C=O) groups excluding carboxylic acids is 1. The minimum Gasteiger partial charge on any atom is -0.346 e. The van der Waals surface area contributed by atoms with E-state index in [1.165, 1.54) is 11.3 Å². The molecule has 0 saturated carbocycles. The van der Waals surface area contributed by atoms with E-state index < -0.39 is 0 Å². The Bertz CT molecular complexity index is 707. The molecule has 5 nitrogen and oxygen atoms in total. The number of hydrogen-bond donors (Lipinski definition) is 1. The summed E-state index contributed by atoms with van der Waals surface area (Å²) in [5.74, 6) is -0.0875. The fourth-order valence-corrected chi connectivity index (χ4v) is 2.56. The topological polar surface area (TPSA) is 59.8 Å². The first-order valence-electron chi connectivity index (χ1n) is 6.51. The Hall–Kier alpha value is -2.47. The molecule has 0 aliphatic carbocycles. The van der Waals surface area contributed by atoms with Crippen LogP contribution in [0.25, 0.3) is 0 Å². The maximum Gasteiger partial charge on any atom is 0.251 e. The second-order valence-corrected chi connectivity index (χ2v) is 5.32. The lowest BCUT2D eigenvalue weighted by Crippen LogP contribution is -2.23. The van der Waals surface area contributed by atoms with Crippen molar-refractivity contribution in [2.24, 2.45) is 0 Å². The standard InChI is InChI=1S/C15H14N4OS/c20-15(17-7-14-9-21-11-18-14)13-3-1-2-12(6-13)8-19-5-4-16-10-19/h1-6,9-11H,7-8H2,(H,17,20). The number of nitrogens with one attached hydrogen (secondary N) is 1. The summed E-state index contributed by atoms with van der Waals surface area (Å²) in [6.45, 7) is 1.15. The predicted molar refractivity (Wildman–Crippen MR) is 81.1 cm³/mol. The second kappa shape index (κ2) is 6.32. The molecule has 0 fully saturated rings. The third-order valence-corrected chi connectivity index (χ3v) is 3.66. The normalized spacial score (nSPS) is 10.5. The molecule has 0 unspecified atom stereocenters. The van der Waals surface area contributed by atoms with Crippen LogP contribution in [-0.2, 0) is 13.1 Å². The number of amides is 1. The van der Waals surface area contributed by atoms with Gasteiger partial charge in [0.25, 0.3) is 5.91 Å². The van der Waals surface area contributed by atoms with E-state index in [-0.39, 0.29) is 5.91 Å². The zero-order chi connectivity index (χ0) is 14.5. The van der Waals surface area contributed by atoms with Gasteiger partial charge in [0.05, 0.1) is 24.1 Å². The minimum absolute atomic E-state index is 0.0875. The van der Waals surface area contributed by atoms with Crippen LogP contribution in [-0.4, -0.2) is 20.4 Å². The van der Waals surface area contributed by atoms with Gasteiger partial charge in [-0.3, -0.25) is 4.79 Å². The molecule has 1 aromatic carbocycles. The van der Waals surface area contributed by atoms with Crippen molar-refractivity contribution in [3.05, 3.63) is 70.7 Å². The Balaban J connectivity index is 1.65. The van der Waals surface area contributed by atoms with E-state index >= 15 is 0 Å². The molecule has 2 aromatic heterocycles. The molecule has 3 rings (SSSR count). The van der Waals surface area contributed by atoms with Crippen LogP contribution in [0.3, 0.4) is 0 Å². The molecule has 106 valence electrons. The average molecular weight is 298 g/mol. The van der Waals surface area contributed by atoms with Gasteiger partial charge in [0.2, 0.25) is 0 Å². The van der Waals surface area contributed by atoms with Gasteiger partial charge < -0.3 is 9.88 Å². The van der Waals surface area contributed by atoms with Crippen LogP contribution in [0.15, 0.2) is 53.9 Å². The molecular formula is C15H14N4OS. The zero-order valence-electron chi connectivity index (χ0n) is 11.3. The third kappa shape index (κ3) is 3.55. The number of imidazole rings is 1. The quantitative estimate of drug-likeness (QED) is 0.786. The van der Waals surface area contributed by atoms with Crippen LogP contribution in [0.2, 0.25) is 0 Å². The van der Waals surface area contributed by atoms with Crippen molar-refractivity contribution in [1.29, 1.82) is 0 Å². The summed E-state index contributed by atoms with van der Waals surface area (Å²) in [6, 6.07) is 7.60. The van der Waals surface area contributed by atoms with E-state index in [1.807, 2.05) is 40.4 Å². The largest absolute Gasteiger partial charge is 0.346 e. The Labute approximate surface area is 126 Å². The number of aromatic nitrogens is 3. The van der Waals surface area contributed by atoms with Gasteiger partial charge in [-0.2, -0.15) is 0 Å². The predicted octanol–water partition coefficient (Wildman–Crippen LogP) is 2.32. The fraction of sp³-hybridized carbons (Fsp3) is 0.133. The number of hydrogen-bond acceptors (Lipinski definition) is 4. The molecule has 0 aliphatic rings. The van der Waals surface area contributed by atoms with Crippen molar-refractivity contribution in [2.75, 3.05) is 0 Å². The lowest BCUT2D eigenvalue weighted by atomic mass is 10.1. The highest BCUT2D eigenvalue weighted by Gasteiger charge is 2.07. The Morgan fingerprint density at radius 3 is 3.10 bits per heavy atom. The van der Waals surface area contributed by atoms with E-state index in [1.54, 1.807) is 18.0 Å². The van der Waals surface area contributed by atoms with Crippen molar-refractivity contribution < 1.29 is 4.79 Å². The third-order valence-electron chi connectivity index (χ3n) is 3.03. The van der Waals surface area contributed by atoms with Gasteiger partial charge in [-0.15, -0.1) is 11.3 Å². The maximum atomic E-state index is 12.1. The van der Waals surface area contributed by atoms with Gasteiger partial charge >= 0.3 is 0 Å².